The molecule has 3 heteroatoms. The number of ether oxygens (including phenoxy) is 2. The van der Waals surface area contributed by atoms with Crippen molar-refractivity contribution in [1.29, 1.82) is 0 Å². The molecule has 0 aliphatic carbocycles. The van der Waals surface area contributed by atoms with Gasteiger partial charge in [-0.05, 0) is 18.2 Å². The summed E-state index contributed by atoms with van der Waals surface area (Å²) in [6.45, 7) is 1.53. The third-order valence-corrected chi connectivity index (χ3v) is 2.94. The van der Waals surface area contributed by atoms with Crippen molar-refractivity contribution in [3.05, 3.63) is 29.5 Å². The standard InChI is InChI=1S/C12H13NO2/c1-14-8-2-3-11-9(6-8)10-7-15-5-4-12(10)13-11/h2-3,6,13H,4-5,7H2,1H3. The Kier molecular flexibility index (Phi) is 1.92. The van der Waals surface area contributed by atoms with Crippen molar-refractivity contribution in [2.45, 2.75) is 13.0 Å². The molecule has 0 bridgehead atoms. The number of aromatic nitrogens is 1. The zero-order valence-electron chi connectivity index (χ0n) is 8.67. The maximum atomic E-state index is 5.48. The summed E-state index contributed by atoms with van der Waals surface area (Å²) in [7, 11) is 1.69. The zero-order chi connectivity index (χ0) is 10.3. The quantitative estimate of drug-likeness (QED) is 0.771. The second-order valence-electron chi connectivity index (χ2n) is 3.80. The van der Waals surface area contributed by atoms with E-state index in [0.717, 1.165) is 18.8 Å². The number of fused-ring (bicyclic) bond motifs is 3. The van der Waals surface area contributed by atoms with Crippen LogP contribution in [-0.4, -0.2) is 18.7 Å². The number of aromatic amines is 1. The van der Waals surface area contributed by atoms with E-state index in [0.29, 0.717) is 6.61 Å². The Morgan fingerprint density at radius 2 is 2.33 bits per heavy atom. The van der Waals surface area contributed by atoms with Crippen LogP contribution in [0.25, 0.3) is 10.9 Å². The Morgan fingerprint density at radius 1 is 1.40 bits per heavy atom. The van der Waals surface area contributed by atoms with Gasteiger partial charge in [-0.1, -0.05) is 0 Å². The van der Waals surface area contributed by atoms with Gasteiger partial charge in [0, 0.05) is 28.6 Å². The minimum Gasteiger partial charge on any atom is -0.497 e. The summed E-state index contributed by atoms with van der Waals surface area (Å²) in [5.74, 6) is 0.898. The number of methoxy groups -OCH3 is 1. The van der Waals surface area contributed by atoms with Gasteiger partial charge in [0.05, 0.1) is 20.3 Å². The zero-order valence-corrected chi connectivity index (χ0v) is 8.67. The summed E-state index contributed by atoms with van der Waals surface area (Å²) in [6, 6.07) is 6.11. The van der Waals surface area contributed by atoms with Crippen molar-refractivity contribution in [3.8, 4) is 5.75 Å². The van der Waals surface area contributed by atoms with Crippen LogP contribution in [0, 0.1) is 0 Å². The molecule has 1 N–H and O–H groups in total. The molecule has 0 unspecified atom stereocenters. The number of nitrogens with one attached hydrogen (secondary N) is 1. The van der Waals surface area contributed by atoms with E-state index < -0.39 is 0 Å². The van der Waals surface area contributed by atoms with E-state index in [-0.39, 0.29) is 0 Å². The van der Waals surface area contributed by atoms with E-state index in [1.807, 2.05) is 6.07 Å². The molecule has 0 amide bonds. The Balaban J connectivity index is 2.24. The lowest BCUT2D eigenvalue weighted by Crippen LogP contribution is -2.08. The van der Waals surface area contributed by atoms with Gasteiger partial charge in [0.2, 0.25) is 0 Å². The minimum atomic E-state index is 0.711. The van der Waals surface area contributed by atoms with Crippen LogP contribution in [0.2, 0.25) is 0 Å². The highest BCUT2D eigenvalue weighted by molar-refractivity contribution is 5.86. The summed E-state index contributed by atoms with van der Waals surface area (Å²) in [5, 5.41) is 1.23. The molecule has 1 aliphatic heterocycles. The molecule has 3 nitrogen and oxygen atoms in total. The minimum absolute atomic E-state index is 0.711. The van der Waals surface area contributed by atoms with Gasteiger partial charge in [-0.2, -0.15) is 0 Å². The van der Waals surface area contributed by atoms with Crippen LogP contribution in [-0.2, 0) is 17.8 Å². The Bertz CT molecular complexity index is 502. The van der Waals surface area contributed by atoms with E-state index >= 15 is 0 Å². The molecule has 0 spiro atoms. The lowest BCUT2D eigenvalue weighted by atomic mass is 10.1. The molecule has 15 heavy (non-hydrogen) atoms. The molecule has 2 aromatic rings. The molecule has 0 fully saturated rings. The number of hydrogen-bond acceptors (Lipinski definition) is 2. The highest BCUT2D eigenvalue weighted by Gasteiger charge is 2.15. The van der Waals surface area contributed by atoms with E-state index in [1.165, 1.54) is 22.2 Å². The van der Waals surface area contributed by atoms with Crippen LogP contribution in [0.15, 0.2) is 18.2 Å². The summed E-state index contributed by atoms with van der Waals surface area (Å²) in [5.41, 5.74) is 3.77. The molecule has 0 radical (unpaired) electrons. The Labute approximate surface area is 88.0 Å². The summed E-state index contributed by atoms with van der Waals surface area (Å²) < 4.78 is 10.7. The van der Waals surface area contributed by atoms with Crippen LogP contribution in [0.4, 0.5) is 0 Å². The molecule has 2 heterocycles. The van der Waals surface area contributed by atoms with Crippen LogP contribution in [0.5, 0.6) is 5.75 Å². The van der Waals surface area contributed by atoms with E-state index in [1.54, 1.807) is 7.11 Å². The Hall–Kier alpha value is -1.48. The van der Waals surface area contributed by atoms with Crippen LogP contribution in [0.1, 0.15) is 11.3 Å². The van der Waals surface area contributed by atoms with Crippen molar-refractivity contribution in [3.63, 3.8) is 0 Å². The number of H-pyrrole nitrogens is 1. The van der Waals surface area contributed by atoms with Gasteiger partial charge in [-0.25, -0.2) is 0 Å². The van der Waals surface area contributed by atoms with E-state index in [4.69, 9.17) is 9.47 Å². The molecule has 0 atom stereocenters. The maximum Gasteiger partial charge on any atom is 0.119 e. The Morgan fingerprint density at radius 3 is 3.20 bits per heavy atom. The van der Waals surface area contributed by atoms with Gasteiger partial charge < -0.3 is 14.5 Å². The van der Waals surface area contributed by atoms with Gasteiger partial charge in [-0.15, -0.1) is 0 Å². The number of rotatable bonds is 1. The normalized spacial score (nSPS) is 15.3. The van der Waals surface area contributed by atoms with Crippen LogP contribution >= 0.6 is 0 Å². The molecule has 0 saturated carbocycles. The second-order valence-corrected chi connectivity index (χ2v) is 3.80. The maximum absolute atomic E-state index is 5.48. The van der Waals surface area contributed by atoms with Gasteiger partial charge in [0.15, 0.2) is 0 Å². The largest absolute Gasteiger partial charge is 0.497 e. The monoisotopic (exact) mass is 203 g/mol. The molecule has 3 rings (SSSR count). The van der Waals surface area contributed by atoms with Crippen LogP contribution in [0.3, 0.4) is 0 Å². The molecule has 0 saturated heterocycles. The average Bonchev–Trinajstić information content (AvgIpc) is 2.66. The molecular formula is C12H13NO2. The average molecular weight is 203 g/mol. The van der Waals surface area contributed by atoms with E-state index in [2.05, 4.69) is 17.1 Å². The smallest absolute Gasteiger partial charge is 0.119 e. The molecular weight excluding hydrogens is 190 g/mol. The van der Waals surface area contributed by atoms with Crippen molar-refractivity contribution in [1.82, 2.24) is 4.98 Å². The van der Waals surface area contributed by atoms with Crippen molar-refractivity contribution in [2.24, 2.45) is 0 Å². The lowest BCUT2D eigenvalue weighted by molar-refractivity contribution is 0.111. The first kappa shape index (κ1) is 8.80. The van der Waals surface area contributed by atoms with Crippen molar-refractivity contribution < 1.29 is 9.47 Å². The first-order valence-electron chi connectivity index (χ1n) is 5.13. The first-order chi connectivity index (χ1) is 7.38. The highest BCUT2D eigenvalue weighted by atomic mass is 16.5. The first-order valence-corrected chi connectivity index (χ1v) is 5.13. The number of benzene rings is 1. The number of hydrogen-bond donors (Lipinski definition) is 1. The summed E-state index contributed by atoms with van der Waals surface area (Å²) >= 11 is 0. The van der Waals surface area contributed by atoms with Gasteiger partial charge >= 0.3 is 0 Å². The van der Waals surface area contributed by atoms with Gasteiger partial charge in [0.25, 0.3) is 0 Å². The third-order valence-electron chi connectivity index (χ3n) is 2.94. The lowest BCUT2D eigenvalue weighted by Gasteiger charge is -2.11. The summed E-state index contributed by atoms with van der Waals surface area (Å²) in [6.07, 6.45) is 0.979. The van der Waals surface area contributed by atoms with Crippen LogP contribution < -0.4 is 4.74 Å². The fraction of sp³-hybridized carbons (Fsp3) is 0.333. The molecule has 1 aromatic heterocycles. The predicted molar refractivity (Wildman–Crippen MR) is 58.2 cm³/mol. The molecule has 1 aliphatic rings. The topological polar surface area (TPSA) is 34.2 Å². The fourth-order valence-corrected chi connectivity index (χ4v) is 2.14. The summed E-state index contributed by atoms with van der Waals surface area (Å²) in [4.78, 5) is 3.43. The predicted octanol–water partition coefficient (Wildman–Crippen LogP) is 2.25. The molecule has 1 aromatic carbocycles. The van der Waals surface area contributed by atoms with Gasteiger partial charge in [0.1, 0.15) is 5.75 Å². The van der Waals surface area contributed by atoms with Crippen molar-refractivity contribution in [2.75, 3.05) is 13.7 Å². The highest BCUT2D eigenvalue weighted by Crippen LogP contribution is 2.29. The second kappa shape index (κ2) is 3.28. The van der Waals surface area contributed by atoms with Gasteiger partial charge in [-0.3, -0.25) is 0 Å². The third kappa shape index (κ3) is 1.31. The van der Waals surface area contributed by atoms with Crippen molar-refractivity contribution >= 4 is 10.9 Å². The molecule has 78 valence electrons. The SMILES string of the molecule is COc1ccc2[nH]c3c(c2c1)COCC3. The van der Waals surface area contributed by atoms with E-state index in [9.17, 15) is 0 Å². The fourth-order valence-electron chi connectivity index (χ4n) is 2.14.